The maximum atomic E-state index is 8.87. The van der Waals surface area contributed by atoms with Gasteiger partial charge in [-0.15, -0.1) is 0 Å². The van der Waals surface area contributed by atoms with Crippen LogP contribution in [0.5, 0.6) is 0 Å². The fourth-order valence-electron chi connectivity index (χ4n) is 3.40. The van der Waals surface area contributed by atoms with Crippen molar-refractivity contribution >= 4 is 0 Å². The van der Waals surface area contributed by atoms with Crippen molar-refractivity contribution in [3.8, 4) is 6.07 Å². The van der Waals surface area contributed by atoms with Crippen molar-refractivity contribution in [3.63, 3.8) is 0 Å². The number of nitriles is 1. The average Bonchev–Trinajstić information content (AvgIpc) is 2.61. The van der Waals surface area contributed by atoms with E-state index in [0.29, 0.717) is 5.92 Å². The molecule has 0 N–H and O–H groups in total. The summed E-state index contributed by atoms with van der Waals surface area (Å²) in [5.74, 6) is 1.51. The third-order valence-electron chi connectivity index (χ3n) is 4.86. The number of ether oxygens (including phenoxy) is 1. The van der Waals surface area contributed by atoms with Crippen LogP contribution in [0.2, 0.25) is 0 Å². The van der Waals surface area contributed by atoms with E-state index in [-0.39, 0.29) is 0 Å². The van der Waals surface area contributed by atoms with Crippen LogP contribution in [0.25, 0.3) is 0 Å². The molecule has 1 aromatic carbocycles. The topological polar surface area (TPSA) is 33.0 Å². The molecule has 0 bridgehead atoms. The molecule has 0 unspecified atom stereocenters. The van der Waals surface area contributed by atoms with E-state index in [0.717, 1.165) is 37.5 Å². The highest BCUT2D eigenvalue weighted by Gasteiger charge is 2.22. The van der Waals surface area contributed by atoms with E-state index in [1.165, 1.54) is 37.7 Å². The lowest BCUT2D eigenvalue weighted by atomic mass is 9.77. The van der Waals surface area contributed by atoms with Crippen LogP contribution in [0.4, 0.5) is 0 Å². The number of rotatable bonds is 8. The molecule has 1 saturated carbocycles. The summed E-state index contributed by atoms with van der Waals surface area (Å²) in [4.78, 5) is 0. The maximum absolute atomic E-state index is 8.87. The highest BCUT2D eigenvalue weighted by Crippen LogP contribution is 2.37. The summed E-state index contributed by atoms with van der Waals surface area (Å²) in [7, 11) is 0. The van der Waals surface area contributed by atoms with Crippen molar-refractivity contribution in [1.29, 1.82) is 5.26 Å². The molecule has 1 aliphatic carbocycles. The van der Waals surface area contributed by atoms with Crippen LogP contribution < -0.4 is 0 Å². The Morgan fingerprint density at radius 2 is 1.83 bits per heavy atom. The summed E-state index contributed by atoms with van der Waals surface area (Å²) >= 11 is 0. The summed E-state index contributed by atoms with van der Waals surface area (Å²) < 4.78 is 5.74. The Balaban J connectivity index is 1.62. The highest BCUT2D eigenvalue weighted by atomic mass is 16.5. The first-order valence-electron chi connectivity index (χ1n) is 9.06. The standard InChI is InChI=1S/C21H29NO/c1-2-3-4-5-15-23-16-14-18-6-10-20(11-7-18)21-12-8-19(17-22)9-13-21/h3-4,8-9,12-13,18,20H,2,5-7,10-11,14-16H2,1H3. The fraction of sp³-hybridized carbons (Fsp3) is 0.571. The van der Waals surface area contributed by atoms with Crippen LogP contribution in [0.3, 0.4) is 0 Å². The number of hydrogen-bond acceptors (Lipinski definition) is 2. The summed E-state index contributed by atoms with van der Waals surface area (Å²) in [6, 6.07) is 10.4. The minimum absolute atomic E-state index is 0.680. The molecular weight excluding hydrogens is 282 g/mol. The summed E-state index contributed by atoms with van der Waals surface area (Å²) in [5.41, 5.74) is 2.16. The van der Waals surface area contributed by atoms with Gasteiger partial charge in [0.15, 0.2) is 0 Å². The molecule has 0 aliphatic heterocycles. The summed E-state index contributed by atoms with van der Waals surface area (Å²) in [5, 5.41) is 8.87. The molecule has 1 aliphatic rings. The van der Waals surface area contributed by atoms with Gasteiger partial charge in [-0.05, 0) is 74.5 Å². The minimum atomic E-state index is 0.680. The average molecular weight is 311 g/mol. The van der Waals surface area contributed by atoms with Crippen LogP contribution in [0.15, 0.2) is 36.4 Å². The van der Waals surface area contributed by atoms with E-state index >= 15 is 0 Å². The smallest absolute Gasteiger partial charge is 0.0991 e. The maximum Gasteiger partial charge on any atom is 0.0991 e. The van der Waals surface area contributed by atoms with Gasteiger partial charge in [0, 0.05) is 6.61 Å². The van der Waals surface area contributed by atoms with Gasteiger partial charge in [0.2, 0.25) is 0 Å². The van der Waals surface area contributed by atoms with Crippen molar-refractivity contribution in [2.45, 2.75) is 57.8 Å². The Morgan fingerprint density at radius 1 is 1.09 bits per heavy atom. The van der Waals surface area contributed by atoms with Crippen molar-refractivity contribution in [3.05, 3.63) is 47.5 Å². The molecule has 1 fully saturated rings. The zero-order chi connectivity index (χ0) is 16.3. The van der Waals surface area contributed by atoms with E-state index in [9.17, 15) is 0 Å². The van der Waals surface area contributed by atoms with Crippen molar-refractivity contribution in [2.24, 2.45) is 5.92 Å². The Labute approximate surface area is 141 Å². The van der Waals surface area contributed by atoms with Gasteiger partial charge in [-0.2, -0.15) is 5.26 Å². The van der Waals surface area contributed by atoms with Gasteiger partial charge in [0.1, 0.15) is 0 Å². The van der Waals surface area contributed by atoms with Gasteiger partial charge in [0.05, 0.1) is 18.2 Å². The molecule has 0 atom stereocenters. The number of hydrogen-bond donors (Lipinski definition) is 0. The number of allylic oxidation sites excluding steroid dienone is 1. The molecule has 0 heterocycles. The molecule has 1 aromatic rings. The van der Waals surface area contributed by atoms with E-state index in [2.05, 4.69) is 37.3 Å². The SMILES string of the molecule is CCC=CCCOCCC1CCC(c2ccc(C#N)cc2)CC1. The summed E-state index contributed by atoms with van der Waals surface area (Å²) in [6.07, 6.45) is 12.9. The van der Waals surface area contributed by atoms with Gasteiger partial charge >= 0.3 is 0 Å². The van der Waals surface area contributed by atoms with Crippen LogP contribution in [-0.2, 0) is 4.74 Å². The number of nitrogens with zero attached hydrogens (tertiary/aromatic N) is 1. The first kappa shape index (κ1) is 17.8. The minimum Gasteiger partial charge on any atom is -0.381 e. The Bertz CT molecular complexity index is 504. The van der Waals surface area contributed by atoms with E-state index < -0.39 is 0 Å². The normalized spacial score (nSPS) is 21.4. The van der Waals surface area contributed by atoms with Crippen LogP contribution >= 0.6 is 0 Å². The molecule has 2 heteroatoms. The van der Waals surface area contributed by atoms with Gasteiger partial charge < -0.3 is 4.74 Å². The van der Waals surface area contributed by atoms with Crippen LogP contribution in [-0.4, -0.2) is 13.2 Å². The highest BCUT2D eigenvalue weighted by molar-refractivity contribution is 5.33. The molecule has 2 rings (SSSR count). The molecular formula is C21H29NO. The molecule has 0 aromatic heterocycles. The Kier molecular flexibility index (Phi) is 7.90. The Hall–Kier alpha value is -1.59. The van der Waals surface area contributed by atoms with Crippen molar-refractivity contribution in [1.82, 2.24) is 0 Å². The monoisotopic (exact) mass is 311 g/mol. The van der Waals surface area contributed by atoms with E-state index in [1.54, 1.807) is 0 Å². The molecule has 124 valence electrons. The quantitative estimate of drug-likeness (QED) is 0.463. The molecule has 23 heavy (non-hydrogen) atoms. The van der Waals surface area contributed by atoms with Crippen molar-refractivity contribution in [2.75, 3.05) is 13.2 Å². The zero-order valence-corrected chi connectivity index (χ0v) is 14.3. The first-order valence-corrected chi connectivity index (χ1v) is 9.06. The van der Waals surface area contributed by atoms with E-state index in [1.807, 2.05) is 12.1 Å². The van der Waals surface area contributed by atoms with Gasteiger partial charge in [-0.1, -0.05) is 31.2 Å². The van der Waals surface area contributed by atoms with Crippen LogP contribution in [0.1, 0.15) is 68.9 Å². The number of benzene rings is 1. The Morgan fingerprint density at radius 3 is 2.48 bits per heavy atom. The van der Waals surface area contributed by atoms with E-state index in [4.69, 9.17) is 10.00 Å². The second-order valence-electron chi connectivity index (χ2n) is 6.52. The molecule has 0 spiro atoms. The van der Waals surface area contributed by atoms with Gasteiger partial charge in [-0.25, -0.2) is 0 Å². The largest absolute Gasteiger partial charge is 0.381 e. The van der Waals surface area contributed by atoms with Gasteiger partial charge in [-0.3, -0.25) is 0 Å². The predicted octanol–water partition coefficient (Wildman–Crippen LogP) is 5.60. The van der Waals surface area contributed by atoms with Gasteiger partial charge in [0.25, 0.3) is 0 Å². The second kappa shape index (κ2) is 10.2. The molecule has 2 nitrogen and oxygen atoms in total. The zero-order valence-electron chi connectivity index (χ0n) is 14.3. The predicted molar refractivity (Wildman–Crippen MR) is 95.3 cm³/mol. The lowest BCUT2D eigenvalue weighted by Gasteiger charge is -2.28. The first-order chi connectivity index (χ1) is 11.3. The third-order valence-corrected chi connectivity index (χ3v) is 4.86. The lowest BCUT2D eigenvalue weighted by Crippen LogP contribution is -2.15. The fourth-order valence-corrected chi connectivity index (χ4v) is 3.40. The molecule has 0 saturated heterocycles. The summed E-state index contributed by atoms with van der Waals surface area (Å²) in [6.45, 7) is 3.93. The second-order valence-corrected chi connectivity index (χ2v) is 6.52. The third kappa shape index (κ3) is 6.20. The van der Waals surface area contributed by atoms with Crippen LogP contribution in [0, 0.1) is 17.2 Å². The molecule has 0 radical (unpaired) electrons. The van der Waals surface area contributed by atoms with Crippen molar-refractivity contribution < 1.29 is 4.74 Å². The molecule has 0 amide bonds. The lowest BCUT2D eigenvalue weighted by molar-refractivity contribution is 0.116.